The molecule has 0 radical (unpaired) electrons. The molecule has 1 saturated heterocycles. The molecule has 3 rings (SSSR count). The number of hydrogen-bond acceptors (Lipinski definition) is 3. The first-order valence-corrected chi connectivity index (χ1v) is 8.18. The minimum Gasteiger partial charge on any atom is -0.488 e. The summed E-state index contributed by atoms with van der Waals surface area (Å²) in [7, 11) is 0. The molecule has 2 aliphatic rings. The van der Waals surface area contributed by atoms with E-state index >= 15 is 0 Å². The van der Waals surface area contributed by atoms with Gasteiger partial charge in [-0.05, 0) is 42.0 Å². The van der Waals surface area contributed by atoms with E-state index in [9.17, 15) is 0 Å². The number of fused-ring (bicyclic) bond motifs is 1. The minimum absolute atomic E-state index is 0.266. The van der Waals surface area contributed by atoms with Crippen LogP contribution in [0.3, 0.4) is 0 Å². The summed E-state index contributed by atoms with van der Waals surface area (Å²) in [5, 5.41) is 3.59. The third-order valence-electron chi connectivity index (χ3n) is 4.39. The fourth-order valence-electron chi connectivity index (χ4n) is 2.98. The second kappa shape index (κ2) is 6.04. The average Bonchev–Trinajstić information content (AvgIpc) is 2.81. The van der Waals surface area contributed by atoms with Crippen molar-refractivity contribution in [1.29, 1.82) is 0 Å². The Morgan fingerprint density at radius 2 is 2.15 bits per heavy atom. The van der Waals surface area contributed by atoms with Gasteiger partial charge in [0.15, 0.2) is 0 Å². The molecule has 0 spiro atoms. The molecule has 1 N–H and O–H groups in total. The Kier molecular flexibility index (Phi) is 4.34. The number of hydrogen-bond donors (Lipinski definition) is 1. The first-order valence-electron chi connectivity index (χ1n) is 7.38. The second-order valence-electron chi connectivity index (χ2n) is 6.25. The van der Waals surface area contributed by atoms with Crippen LogP contribution in [0.2, 0.25) is 0 Å². The van der Waals surface area contributed by atoms with Crippen LogP contribution >= 0.6 is 15.9 Å². The lowest BCUT2D eigenvalue weighted by Crippen LogP contribution is -2.40. The molecule has 1 unspecified atom stereocenters. The molecule has 1 aromatic carbocycles. The predicted octanol–water partition coefficient (Wildman–Crippen LogP) is 3.16. The average molecular weight is 340 g/mol. The first kappa shape index (κ1) is 14.4. The molecule has 1 fully saturated rings. The van der Waals surface area contributed by atoms with E-state index in [2.05, 4.69) is 40.3 Å². The molecule has 20 heavy (non-hydrogen) atoms. The molecule has 110 valence electrons. The van der Waals surface area contributed by atoms with Crippen molar-refractivity contribution < 1.29 is 9.47 Å². The number of rotatable bonds is 4. The van der Waals surface area contributed by atoms with E-state index in [-0.39, 0.29) is 6.10 Å². The quantitative estimate of drug-likeness (QED) is 0.913. The Hall–Kier alpha value is -0.580. The summed E-state index contributed by atoms with van der Waals surface area (Å²) in [6, 6.07) is 6.26. The molecule has 3 nitrogen and oxygen atoms in total. The molecule has 0 saturated carbocycles. The van der Waals surface area contributed by atoms with Crippen molar-refractivity contribution in [2.45, 2.75) is 32.3 Å². The lowest BCUT2D eigenvalue weighted by molar-refractivity contribution is 0.0233. The summed E-state index contributed by atoms with van der Waals surface area (Å²) < 4.78 is 12.5. The topological polar surface area (TPSA) is 30.5 Å². The van der Waals surface area contributed by atoms with Crippen molar-refractivity contribution >= 4 is 15.9 Å². The lowest BCUT2D eigenvalue weighted by atomic mass is 9.82. The zero-order valence-electron chi connectivity index (χ0n) is 12.0. The number of ether oxygens (including phenoxy) is 2. The molecule has 2 heterocycles. The molecule has 4 heteroatoms. The maximum Gasteiger partial charge on any atom is 0.123 e. The fourth-order valence-corrected chi connectivity index (χ4v) is 3.39. The molecule has 1 atom stereocenters. The van der Waals surface area contributed by atoms with Gasteiger partial charge in [-0.1, -0.05) is 22.9 Å². The lowest BCUT2D eigenvalue weighted by Gasteiger charge is -2.34. The van der Waals surface area contributed by atoms with Gasteiger partial charge in [0, 0.05) is 37.2 Å². The molecular weight excluding hydrogens is 318 g/mol. The van der Waals surface area contributed by atoms with Crippen molar-refractivity contribution in [3.63, 3.8) is 0 Å². The van der Waals surface area contributed by atoms with Crippen LogP contribution in [-0.2, 0) is 11.2 Å². The largest absolute Gasteiger partial charge is 0.488 e. The van der Waals surface area contributed by atoms with Gasteiger partial charge in [-0.25, -0.2) is 0 Å². The fraction of sp³-hybridized carbons (Fsp3) is 0.625. The summed E-state index contributed by atoms with van der Waals surface area (Å²) in [5.41, 5.74) is 1.69. The summed E-state index contributed by atoms with van der Waals surface area (Å²) in [6.45, 7) is 6.12. The SMILES string of the molecule is CC1(CNCC2Cc3cc(Br)ccc3O2)CCOCC1. The van der Waals surface area contributed by atoms with Crippen LogP contribution in [0, 0.1) is 5.41 Å². The van der Waals surface area contributed by atoms with Crippen LogP contribution in [0.1, 0.15) is 25.3 Å². The maximum atomic E-state index is 5.98. The summed E-state index contributed by atoms with van der Waals surface area (Å²) in [5.74, 6) is 1.04. The predicted molar refractivity (Wildman–Crippen MR) is 83.3 cm³/mol. The van der Waals surface area contributed by atoms with E-state index in [1.165, 1.54) is 5.56 Å². The van der Waals surface area contributed by atoms with Crippen LogP contribution in [0.5, 0.6) is 5.75 Å². The summed E-state index contributed by atoms with van der Waals surface area (Å²) >= 11 is 3.51. The Labute approximate surface area is 129 Å². The molecule has 1 aromatic rings. The molecule has 0 amide bonds. The molecule has 0 aliphatic carbocycles. The highest BCUT2D eigenvalue weighted by Crippen LogP contribution is 2.31. The van der Waals surface area contributed by atoms with E-state index in [0.717, 1.165) is 55.8 Å². The van der Waals surface area contributed by atoms with Crippen molar-refractivity contribution in [3.8, 4) is 5.75 Å². The normalized spacial score (nSPS) is 24.2. The van der Waals surface area contributed by atoms with E-state index in [1.807, 2.05) is 6.07 Å². The van der Waals surface area contributed by atoms with Gasteiger partial charge in [0.1, 0.15) is 11.9 Å². The van der Waals surface area contributed by atoms with Gasteiger partial charge in [0.05, 0.1) is 0 Å². The van der Waals surface area contributed by atoms with E-state index in [4.69, 9.17) is 9.47 Å². The van der Waals surface area contributed by atoms with Crippen LogP contribution in [0.15, 0.2) is 22.7 Å². The monoisotopic (exact) mass is 339 g/mol. The maximum absolute atomic E-state index is 5.98. The van der Waals surface area contributed by atoms with Crippen molar-refractivity contribution in [2.24, 2.45) is 5.41 Å². The van der Waals surface area contributed by atoms with Crippen LogP contribution in [0.4, 0.5) is 0 Å². The zero-order chi connectivity index (χ0) is 14.0. The van der Waals surface area contributed by atoms with Gasteiger partial charge >= 0.3 is 0 Å². The van der Waals surface area contributed by atoms with E-state index in [1.54, 1.807) is 0 Å². The molecule has 0 bridgehead atoms. The Balaban J connectivity index is 1.46. The number of benzene rings is 1. The standard InChI is InChI=1S/C16H22BrNO2/c1-16(4-6-19-7-5-16)11-18-10-14-9-12-8-13(17)2-3-15(12)20-14/h2-3,8,14,18H,4-7,9-11H2,1H3. The van der Waals surface area contributed by atoms with Crippen molar-refractivity contribution in [2.75, 3.05) is 26.3 Å². The third kappa shape index (κ3) is 3.35. The smallest absolute Gasteiger partial charge is 0.123 e. The Morgan fingerprint density at radius 3 is 2.95 bits per heavy atom. The van der Waals surface area contributed by atoms with Gasteiger partial charge in [0.2, 0.25) is 0 Å². The summed E-state index contributed by atoms with van der Waals surface area (Å²) in [4.78, 5) is 0. The van der Waals surface area contributed by atoms with E-state index < -0.39 is 0 Å². The second-order valence-corrected chi connectivity index (χ2v) is 7.17. The van der Waals surface area contributed by atoms with Crippen LogP contribution < -0.4 is 10.1 Å². The van der Waals surface area contributed by atoms with E-state index in [0.29, 0.717) is 5.41 Å². The highest BCUT2D eigenvalue weighted by molar-refractivity contribution is 9.10. The van der Waals surface area contributed by atoms with Gasteiger partial charge in [-0.2, -0.15) is 0 Å². The highest BCUT2D eigenvalue weighted by Gasteiger charge is 2.28. The highest BCUT2D eigenvalue weighted by atomic mass is 79.9. The van der Waals surface area contributed by atoms with Gasteiger partial charge in [0.25, 0.3) is 0 Å². The molecule has 0 aromatic heterocycles. The Bertz CT molecular complexity index is 472. The molecule has 2 aliphatic heterocycles. The number of halogens is 1. The van der Waals surface area contributed by atoms with Crippen LogP contribution in [0.25, 0.3) is 0 Å². The first-order chi connectivity index (χ1) is 9.65. The Morgan fingerprint density at radius 1 is 1.35 bits per heavy atom. The number of nitrogens with one attached hydrogen (secondary N) is 1. The summed E-state index contributed by atoms with van der Waals surface area (Å²) in [6.07, 6.45) is 3.57. The van der Waals surface area contributed by atoms with Gasteiger partial charge in [-0.3, -0.25) is 0 Å². The van der Waals surface area contributed by atoms with Gasteiger partial charge < -0.3 is 14.8 Å². The van der Waals surface area contributed by atoms with Gasteiger partial charge in [-0.15, -0.1) is 0 Å². The van der Waals surface area contributed by atoms with Crippen LogP contribution in [-0.4, -0.2) is 32.4 Å². The zero-order valence-corrected chi connectivity index (χ0v) is 13.5. The molecular formula is C16H22BrNO2. The van der Waals surface area contributed by atoms with Crippen molar-refractivity contribution in [1.82, 2.24) is 5.32 Å². The minimum atomic E-state index is 0.266. The third-order valence-corrected chi connectivity index (χ3v) is 4.88. The van der Waals surface area contributed by atoms with Crippen molar-refractivity contribution in [3.05, 3.63) is 28.2 Å².